The van der Waals surface area contributed by atoms with Gasteiger partial charge in [-0.25, -0.2) is 0 Å². The van der Waals surface area contributed by atoms with Gasteiger partial charge < -0.3 is 4.74 Å². The van der Waals surface area contributed by atoms with E-state index in [4.69, 9.17) is 9.73 Å². The van der Waals surface area contributed by atoms with Gasteiger partial charge in [0, 0.05) is 16.5 Å². The van der Waals surface area contributed by atoms with Gasteiger partial charge in [-0.05, 0) is 40.8 Å². The van der Waals surface area contributed by atoms with E-state index in [1.54, 1.807) is 0 Å². The average Bonchev–Trinajstić information content (AvgIpc) is 2.87. The lowest BCUT2D eigenvalue weighted by Crippen LogP contribution is -2.18. The zero-order chi connectivity index (χ0) is 22.7. The van der Waals surface area contributed by atoms with Crippen molar-refractivity contribution in [3.8, 4) is 5.75 Å². The smallest absolute Gasteiger partial charge is 0.119 e. The Bertz CT molecular complexity index is 1220. The van der Waals surface area contributed by atoms with Gasteiger partial charge in [0.25, 0.3) is 0 Å². The average molecular weight is 432 g/mol. The Morgan fingerprint density at radius 2 is 1.21 bits per heavy atom. The molecule has 0 atom stereocenters. The van der Waals surface area contributed by atoms with Gasteiger partial charge in [0.1, 0.15) is 12.4 Å². The van der Waals surface area contributed by atoms with E-state index in [1.165, 1.54) is 33.4 Å². The highest BCUT2D eigenvalue weighted by Gasteiger charge is 2.23. The third kappa shape index (κ3) is 4.34. The Morgan fingerprint density at radius 3 is 1.85 bits per heavy atom. The molecule has 164 valence electrons. The van der Waals surface area contributed by atoms with Crippen LogP contribution in [0.25, 0.3) is 0 Å². The van der Waals surface area contributed by atoms with Crippen LogP contribution in [-0.2, 0) is 11.8 Å². The monoisotopic (exact) mass is 431 g/mol. The van der Waals surface area contributed by atoms with Crippen molar-refractivity contribution in [3.05, 3.63) is 137 Å². The SMILES string of the molecule is CC(C)(c1ccccc1)c1ccc(OCCN=C2c3ccccc3Cc3ccccc32)cc1. The Kier molecular flexibility index (Phi) is 5.83. The number of hydrogen-bond acceptors (Lipinski definition) is 2. The van der Waals surface area contributed by atoms with Gasteiger partial charge in [-0.3, -0.25) is 4.99 Å². The molecule has 0 saturated heterocycles. The van der Waals surface area contributed by atoms with E-state index in [9.17, 15) is 0 Å². The fourth-order valence-electron chi connectivity index (χ4n) is 4.64. The van der Waals surface area contributed by atoms with Crippen LogP contribution in [-0.4, -0.2) is 18.9 Å². The van der Waals surface area contributed by atoms with Crippen LogP contribution in [0, 0.1) is 0 Å². The molecule has 1 aliphatic rings. The van der Waals surface area contributed by atoms with E-state index in [0.29, 0.717) is 13.2 Å². The predicted molar refractivity (Wildman–Crippen MR) is 137 cm³/mol. The second-order valence-corrected chi connectivity index (χ2v) is 9.09. The van der Waals surface area contributed by atoms with Crippen molar-refractivity contribution in [2.45, 2.75) is 25.7 Å². The fourth-order valence-corrected chi connectivity index (χ4v) is 4.64. The van der Waals surface area contributed by atoms with Crippen LogP contribution in [0.4, 0.5) is 0 Å². The lowest BCUT2D eigenvalue weighted by molar-refractivity contribution is 0.328. The highest BCUT2D eigenvalue weighted by Crippen LogP contribution is 2.32. The Labute approximate surface area is 196 Å². The third-order valence-corrected chi connectivity index (χ3v) is 6.63. The first-order chi connectivity index (χ1) is 16.1. The summed E-state index contributed by atoms with van der Waals surface area (Å²) in [6.07, 6.45) is 0.966. The van der Waals surface area contributed by atoms with Crippen LogP contribution >= 0.6 is 0 Å². The molecular formula is C31H29NO. The molecule has 2 nitrogen and oxygen atoms in total. The van der Waals surface area contributed by atoms with Gasteiger partial charge in [-0.1, -0.05) is 105 Å². The molecule has 5 rings (SSSR count). The molecule has 0 amide bonds. The molecule has 33 heavy (non-hydrogen) atoms. The van der Waals surface area contributed by atoms with Crippen molar-refractivity contribution in [2.75, 3.05) is 13.2 Å². The minimum atomic E-state index is -0.0481. The minimum Gasteiger partial charge on any atom is -0.492 e. The molecule has 4 aromatic carbocycles. The highest BCUT2D eigenvalue weighted by molar-refractivity contribution is 6.15. The Hall–Kier alpha value is -3.65. The zero-order valence-electron chi connectivity index (χ0n) is 19.3. The van der Waals surface area contributed by atoms with Gasteiger partial charge in [0.05, 0.1) is 12.3 Å². The number of rotatable bonds is 6. The number of aliphatic imine (C=N–C) groups is 1. The van der Waals surface area contributed by atoms with Crippen molar-refractivity contribution in [1.29, 1.82) is 0 Å². The summed E-state index contributed by atoms with van der Waals surface area (Å²) in [5.74, 6) is 0.882. The number of ether oxygens (including phenoxy) is 1. The molecule has 0 spiro atoms. The van der Waals surface area contributed by atoms with Crippen LogP contribution < -0.4 is 4.74 Å². The number of fused-ring (bicyclic) bond motifs is 2. The standard InChI is InChI=1S/C31H29NO/c1-31(2,25-12-4-3-5-13-25)26-16-18-27(19-17-26)33-21-20-32-30-28-14-8-6-10-23(28)22-24-11-7-9-15-29(24)30/h3-19H,20-22H2,1-2H3. The van der Waals surface area contributed by atoms with Crippen molar-refractivity contribution < 1.29 is 4.74 Å². The fraction of sp³-hybridized carbons (Fsp3) is 0.194. The maximum atomic E-state index is 6.04. The quantitative estimate of drug-likeness (QED) is 0.270. The molecule has 4 aromatic rings. The third-order valence-electron chi connectivity index (χ3n) is 6.63. The second-order valence-electron chi connectivity index (χ2n) is 9.09. The minimum absolute atomic E-state index is 0.0481. The molecule has 0 fully saturated rings. The van der Waals surface area contributed by atoms with Crippen LogP contribution in [0.2, 0.25) is 0 Å². The summed E-state index contributed by atoms with van der Waals surface area (Å²) >= 11 is 0. The molecule has 2 heteroatoms. The van der Waals surface area contributed by atoms with Crippen molar-refractivity contribution in [3.63, 3.8) is 0 Å². The molecular weight excluding hydrogens is 402 g/mol. The molecule has 0 N–H and O–H groups in total. The van der Waals surface area contributed by atoms with Crippen molar-refractivity contribution in [2.24, 2.45) is 4.99 Å². The van der Waals surface area contributed by atoms with Gasteiger partial charge in [0.15, 0.2) is 0 Å². The van der Waals surface area contributed by atoms with E-state index in [1.807, 2.05) is 0 Å². The molecule has 0 heterocycles. The van der Waals surface area contributed by atoms with Gasteiger partial charge in [0.2, 0.25) is 0 Å². The topological polar surface area (TPSA) is 21.6 Å². The molecule has 0 saturated carbocycles. The van der Waals surface area contributed by atoms with Crippen LogP contribution in [0.1, 0.15) is 47.2 Å². The van der Waals surface area contributed by atoms with E-state index in [2.05, 4.69) is 117 Å². The van der Waals surface area contributed by atoms with Gasteiger partial charge in [-0.2, -0.15) is 0 Å². The Morgan fingerprint density at radius 1 is 0.667 bits per heavy atom. The summed E-state index contributed by atoms with van der Waals surface area (Å²) in [4.78, 5) is 4.97. The van der Waals surface area contributed by atoms with Gasteiger partial charge in [-0.15, -0.1) is 0 Å². The van der Waals surface area contributed by atoms with Gasteiger partial charge >= 0.3 is 0 Å². The maximum Gasteiger partial charge on any atom is 0.119 e. The molecule has 1 aliphatic carbocycles. The highest BCUT2D eigenvalue weighted by atomic mass is 16.5. The summed E-state index contributed by atoms with van der Waals surface area (Å²) in [6.45, 7) is 5.69. The normalized spacial score (nSPS) is 12.6. The molecule has 0 aliphatic heterocycles. The first kappa shape index (κ1) is 21.2. The molecule has 0 aromatic heterocycles. The van der Waals surface area contributed by atoms with Crippen LogP contribution in [0.15, 0.2) is 108 Å². The van der Waals surface area contributed by atoms with E-state index in [-0.39, 0.29) is 5.41 Å². The van der Waals surface area contributed by atoms with Crippen molar-refractivity contribution in [1.82, 2.24) is 0 Å². The summed E-state index contributed by atoms with van der Waals surface area (Å²) in [7, 11) is 0. The first-order valence-corrected chi connectivity index (χ1v) is 11.6. The maximum absolute atomic E-state index is 6.04. The Balaban J connectivity index is 1.28. The number of hydrogen-bond donors (Lipinski definition) is 0. The lowest BCUT2D eigenvalue weighted by atomic mass is 9.78. The summed E-state index contributed by atoms with van der Waals surface area (Å²) in [5, 5.41) is 0. The molecule has 0 unspecified atom stereocenters. The van der Waals surface area contributed by atoms with E-state index in [0.717, 1.165) is 17.9 Å². The molecule has 0 bridgehead atoms. The summed E-state index contributed by atoms with van der Waals surface area (Å²) < 4.78 is 6.04. The van der Waals surface area contributed by atoms with Crippen LogP contribution in [0.5, 0.6) is 5.75 Å². The lowest BCUT2D eigenvalue weighted by Gasteiger charge is -2.26. The zero-order valence-corrected chi connectivity index (χ0v) is 19.3. The summed E-state index contributed by atoms with van der Waals surface area (Å²) in [5.41, 5.74) is 8.77. The molecule has 0 radical (unpaired) electrons. The number of nitrogens with zero attached hydrogens (tertiary/aromatic N) is 1. The van der Waals surface area contributed by atoms with E-state index >= 15 is 0 Å². The second kappa shape index (κ2) is 9.07. The van der Waals surface area contributed by atoms with E-state index < -0.39 is 0 Å². The predicted octanol–water partition coefficient (Wildman–Crippen LogP) is 6.83. The summed E-state index contributed by atoms with van der Waals surface area (Å²) in [6, 6.07) is 36.3. The van der Waals surface area contributed by atoms with Crippen molar-refractivity contribution >= 4 is 5.71 Å². The largest absolute Gasteiger partial charge is 0.492 e. The first-order valence-electron chi connectivity index (χ1n) is 11.6. The van der Waals surface area contributed by atoms with Crippen LogP contribution in [0.3, 0.4) is 0 Å². The number of benzene rings is 4.